The summed E-state index contributed by atoms with van der Waals surface area (Å²) in [5, 5.41) is 1.30. The van der Waals surface area contributed by atoms with E-state index < -0.39 is 0 Å². The zero-order valence-electron chi connectivity index (χ0n) is 13.3. The Morgan fingerprint density at radius 2 is 2.14 bits per heavy atom. The molecule has 0 amide bonds. The summed E-state index contributed by atoms with van der Waals surface area (Å²) < 4.78 is 5.96. The lowest BCUT2D eigenvalue weighted by molar-refractivity contribution is 0.0389. The first kappa shape index (κ1) is 14.2. The Balaban J connectivity index is 1.62. The van der Waals surface area contributed by atoms with Crippen molar-refractivity contribution < 1.29 is 4.74 Å². The fourth-order valence-corrected chi connectivity index (χ4v) is 4.12. The number of aryl methyl sites for hydroxylation is 1. The molecule has 3 heteroatoms. The maximum absolute atomic E-state index is 5.96. The van der Waals surface area contributed by atoms with Gasteiger partial charge in [0.1, 0.15) is 0 Å². The standard InChI is InChI=1S/C19H24N2O/c1-14-12-15(16-6-2-3-7-17(16)20-14)13-21-10-4-8-18(21)19-9-5-11-22-19/h2-3,6-7,12,18-19H,4-5,8-11,13H2,1H3. The number of para-hydroxylation sites is 1. The summed E-state index contributed by atoms with van der Waals surface area (Å²) in [4.78, 5) is 7.30. The smallest absolute Gasteiger partial charge is 0.0731 e. The summed E-state index contributed by atoms with van der Waals surface area (Å²) in [6.07, 6.45) is 5.50. The number of aromatic nitrogens is 1. The lowest BCUT2D eigenvalue weighted by Crippen LogP contribution is -2.38. The van der Waals surface area contributed by atoms with Gasteiger partial charge >= 0.3 is 0 Å². The van der Waals surface area contributed by atoms with Crippen molar-refractivity contribution in [3.8, 4) is 0 Å². The van der Waals surface area contributed by atoms with Crippen LogP contribution in [0.15, 0.2) is 30.3 Å². The van der Waals surface area contributed by atoms with Crippen LogP contribution in [0.2, 0.25) is 0 Å². The molecule has 0 saturated carbocycles. The van der Waals surface area contributed by atoms with E-state index in [2.05, 4.69) is 47.1 Å². The van der Waals surface area contributed by atoms with Crippen LogP contribution in [0.3, 0.4) is 0 Å². The van der Waals surface area contributed by atoms with Crippen LogP contribution < -0.4 is 0 Å². The molecule has 0 radical (unpaired) electrons. The number of pyridine rings is 1. The Morgan fingerprint density at radius 1 is 1.23 bits per heavy atom. The first-order chi connectivity index (χ1) is 10.8. The number of likely N-dealkylation sites (tertiary alicyclic amines) is 1. The van der Waals surface area contributed by atoms with Crippen LogP contribution in [0.25, 0.3) is 10.9 Å². The largest absolute Gasteiger partial charge is 0.377 e. The van der Waals surface area contributed by atoms with Gasteiger partial charge in [-0.1, -0.05) is 18.2 Å². The highest BCUT2D eigenvalue weighted by atomic mass is 16.5. The molecule has 22 heavy (non-hydrogen) atoms. The van der Waals surface area contributed by atoms with Gasteiger partial charge in [-0.3, -0.25) is 9.88 Å². The van der Waals surface area contributed by atoms with Crippen LogP contribution in [0.4, 0.5) is 0 Å². The van der Waals surface area contributed by atoms with Crippen molar-refractivity contribution in [2.45, 2.75) is 51.3 Å². The molecule has 0 aliphatic carbocycles. The fourth-order valence-electron chi connectivity index (χ4n) is 4.12. The topological polar surface area (TPSA) is 25.4 Å². The van der Waals surface area contributed by atoms with Crippen molar-refractivity contribution in [2.75, 3.05) is 13.2 Å². The molecule has 0 spiro atoms. The van der Waals surface area contributed by atoms with Crippen LogP contribution in [-0.4, -0.2) is 35.2 Å². The van der Waals surface area contributed by atoms with Crippen molar-refractivity contribution in [3.63, 3.8) is 0 Å². The Morgan fingerprint density at radius 3 is 3.00 bits per heavy atom. The molecule has 2 fully saturated rings. The highest BCUT2D eigenvalue weighted by Crippen LogP contribution is 2.30. The molecule has 2 aliphatic rings. The molecule has 116 valence electrons. The first-order valence-corrected chi connectivity index (χ1v) is 8.52. The van der Waals surface area contributed by atoms with Gasteiger partial charge in [-0.2, -0.15) is 0 Å². The molecule has 3 heterocycles. The number of ether oxygens (including phenoxy) is 1. The van der Waals surface area contributed by atoms with E-state index in [1.165, 1.54) is 43.2 Å². The Kier molecular flexibility index (Phi) is 3.85. The number of hydrogen-bond acceptors (Lipinski definition) is 3. The van der Waals surface area contributed by atoms with E-state index in [-0.39, 0.29) is 0 Å². The molecule has 0 bridgehead atoms. The van der Waals surface area contributed by atoms with Gasteiger partial charge in [0.15, 0.2) is 0 Å². The van der Waals surface area contributed by atoms with Crippen LogP contribution in [0.5, 0.6) is 0 Å². The van der Waals surface area contributed by atoms with Crippen LogP contribution in [0.1, 0.15) is 36.9 Å². The molecule has 2 atom stereocenters. The van der Waals surface area contributed by atoms with Crippen LogP contribution >= 0.6 is 0 Å². The van der Waals surface area contributed by atoms with Crippen molar-refractivity contribution in [1.29, 1.82) is 0 Å². The number of hydrogen-bond donors (Lipinski definition) is 0. The maximum Gasteiger partial charge on any atom is 0.0731 e. The second-order valence-corrected chi connectivity index (χ2v) is 6.67. The Labute approximate surface area is 132 Å². The van der Waals surface area contributed by atoms with Crippen molar-refractivity contribution in [3.05, 3.63) is 41.6 Å². The summed E-state index contributed by atoms with van der Waals surface area (Å²) in [6, 6.07) is 11.4. The number of benzene rings is 1. The second-order valence-electron chi connectivity index (χ2n) is 6.67. The first-order valence-electron chi connectivity index (χ1n) is 8.52. The summed E-state index contributed by atoms with van der Waals surface area (Å²) >= 11 is 0. The second kappa shape index (κ2) is 5.98. The molecule has 1 aromatic carbocycles. The Hall–Kier alpha value is -1.45. The molecule has 1 aromatic heterocycles. The zero-order chi connectivity index (χ0) is 14.9. The van der Waals surface area contributed by atoms with Crippen LogP contribution in [0, 0.1) is 6.92 Å². The predicted octanol–water partition coefficient (Wildman–Crippen LogP) is 3.69. The average molecular weight is 296 g/mol. The van der Waals surface area contributed by atoms with Gasteiger partial charge in [-0.25, -0.2) is 0 Å². The van der Waals surface area contributed by atoms with E-state index in [1.807, 2.05) is 0 Å². The minimum absolute atomic E-state index is 0.455. The third-order valence-electron chi connectivity index (χ3n) is 5.11. The average Bonchev–Trinajstić information content (AvgIpc) is 3.17. The van der Waals surface area contributed by atoms with E-state index >= 15 is 0 Å². The predicted molar refractivity (Wildman–Crippen MR) is 88.9 cm³/mol. The lowest BCUT2D eigenvalue weighted by atomic mass is 10.0. The van der Waals surface area contributed by atoms with Gasteiger partial charge in [0.05, 0.1) is 11.6 Å². The van der Waals surface area contributed by atoms with Gasteiger partial charge in [-0.05, 0) is 56.8 Å². The summed E-state index contributed by atoms with van der Waals surface area (Å²) in [6.45, 7) is 5.26. The van der Waals surface area contributed by atoms with Gasteiger partial charge in [0, 0.05) is 30.3 Å². The van der Waals surface area contributed by atoms with Gasteiger partial charge in [0.2, 0.25) is 0 Å². The van der Waals surface area contributed by atoms with Crippen molar-refractivity contribution >= 4 is 10.9 Å². The highest BCUT2D eigenvalue weighted by Gasteiger charge is 2.34. The monoisotopic (exact) mass is 296 g/mol. The minimum atomic E-state index is 0.455. The molecule has 2 unspecified atom stereocenters. The molecule has 3 nitrogen and oxygen atoms in total. The molecule has 2 saturated heterocycles. The van der Waals surface area contributed by atoms with E-state index in [1.54, 1.807) is 0 Å². The summed E-state index contributed by atoms with van der Waals surface area (Å²) in [5.74, 6) is 0. The molecule has 2 aromatic rings. The molecular weight excluding hydrogens is 272 g/mol. The van der Waals surface area contributed by atoms with E-state index in [4.69, 9.17) is 4.74 Å². The van der Waals surface area contributed by atoms with Crippen molar-refractivity contribution in [2.24, 2.45) is 0 Å². The highest BCUT2D eigenvalue weighted by molar-refractivity contribution is 5.82. The molecule has 4 rings (SSSR count). The number of nitrogens with zero attached hydrogens (tertiary/aromatic N) is 2. The Bertz CT molecular complexity index is 664. The van der Waals surface area contributed by atoms with Gasteiger partial charge in [-0.15, -0.1) is 0 Å². The maximum atomic E-state index is 5.96. The normalized spacial score (nSPS) is 26.0. The zero-order valence-corrected chi connectivity index (χ0v) is 13.3. The quantitative estimate of drug-likeness (QED) is 0.864. The fraction of sp³-hybridized carbons (Fsp3) is 0.526. The minimum Gasteiger partial charge on any atom is -0.377 e. The summed E-state index contributed by atoms with van der Waals surface area (Å²) in [7, 11) is 0. The third-order valence-corrected chi connectivity index (χ3v) is 5.11. The van der Waals surface area contributed by atoms with Gasteiger partial charge in [0.25, 0.3) is 0 Å². The molecular formula is C19H24N2O. The van der Waals surface area contributed by atoms with E-state index in [0.29, 0.717) is 12.1 Å². The number of rotatable bonds is 3. The number of fused-ring (bicyclic) bond motifs is 1. The lowest BCUT2D eigenvalue weighted by Gasteiger charge is -2.29. The summed E-state index contributed by atoms with van der Waals surface area (Å²) in [5.41, 5.74) is 3.64. The van der Waals surface area contributed by atoms with Crippen LogP contribution in [-0.2, 0) is 11.3 Å². The van der Waals surface area contributed by atoms with E-state index in [9.17, 15) is 0 Å². The SMILES string of the molecule is Cc1cc(CN2CCCC2C2CCCO2)c2ccccc2n1. The van der Waals surface area contributed by atoms with E-state index in [0.717, 1.165) is 24.4 Å². The molecule has 0 N–H and O–H groups in total. The van der Waals surface area contributed by atoms with Crippen molar-refractivity contribution in [1.82, 2.24) is 9.88 Å². The third kappa shape index (κ3) is 2.64. The molecule has 2 aliphatic heterocycles. The van der Waals surface area contributed by atoms with Gasteiger partial charge < -0.3 is 4.74 Å².